The summed E-state index contributed by atoms with van der Waals surface area (Å²) in [5.74, 6) is -0.804. The van der Waals surface area contributed by atoms with Crippen LogP contribution in [0.5, 0.6) is 0 Å². The van der Waals surface area contributed by atoms with E-state index in [1.165, 1.54) is 0 Å². The first-order chi connectivity index (χ1) is 10.0. The number of aliphatic hydroxyl groups excluding tert-OH is 2. The molecule has 0 aliphatic rings. The van der Waals surface area contributed by atoms with Crippen LogP contribution in [0.25, 0.3) is 11.0 Å². The Morgan fingerprint density at radius 1 is 1.29 bits per heavy atom. The first-order valence-corrected chi connectivity index (χ1v) is 6.62. The second-order valence-electron chi connectivity index (χ2n) is 4.88. The molecule has 0 bridgehead atoms. The molecule has 112 valence electrons. The second-order valence-corrected chi connectivity index (χ2v) is 4.88. The van der Waals surface area contributed by atoms with Crippen molar-refractivity contribution in [3.8, 4) is 0 Å². The minimum atomic E-state index is -1.14. The monoisotopic (exact) mass is 291 g/mol. The van der Waals surface area contributed by atoms with Crippen LogP contribution < -0.4 is 10.7 Å². The molecule has 1 aromatic carbocycles. The number of aliphatic hydroxyl groups is 2. The maximum Gasteiger partial charge on any atom is 0.287 e. The summed E-state index contributed by atoms with van der Waals surface area (Å²) in [6, 6.07) is 7.72. The number of carbonyl (C=O) groups excluding carboxylic acids is 1. The molecule has 0 saturated heterocycles. The number of amides is 1. The summed E-state index contributed by atoms with van der Waals surface area (Å²) in [7, 11) is 0. The lowest BCUT2D eigenvalue weighted by molar-refractivity contribution is 0.0632. The molecular weight excluding hydrogens is 274 g/mol. The lowest BCUT2D eigenvalue weighted by Gasteiger charge is -2.29. The van der Waals surface area contributed by atoms with Crippen LogP contribution in [0.2, 0.25) is 0 Å². The van der Waals surface area contributed by atoms with Gasteiger partial charge in [0.05, 0.1) is 24.1 Å². The van der Waals surface area contributed by atoms with Crippen molar-refractivity contribution in [3.05, 3.63) is 46.3 Å². The predicted octanol–water partition coefficient (Wildman–Crippen LogP) is 0.656. The van der Waals surface area contributed by atoms with Gasteiger partial charge in [-0.25, -0.2) is 0 Å². The van der Waals surface area contributed by atoms with E-state index in [1.807, 2.05) is 0 Å². The van der Waals surface area contributed by atoms with Crippen LogP contribution in [0.1, 0.15) is 23.9 Å². The number of nitrogens with one attached hydrogen (secondary N) is 1. The lowest BCUT2D eigenvalue weighted by atomic mass is 9.98. The molecule has 0 saturated carbocycles. The SMILES string of the molecule is CCC(CO)(CO)NC(=O)c1cc(=O)c2ccccc2o1. The topological polar surface area (TPSA) is 99.8 Å². The zero-order valence-electron chi connectivity index (χ0n) is 11.6. The van der Waals surface area contributed by atoms with E-state index < -0.39 is 24.7 Å². The minimum absolute atomic E-state index is 0.154. The van der Waals surface area contributed by atoms with Crippen LogP contribution >= 0.6 is 0 Å². The molecule has 3 N–H and O–H groups in total. The van der Waals surface area contributed by atoms with Gasteiger partial charge in [0.1, 0.15) is 5.58 Å². The summed E-state index contributed by atoms with van der Waals surface area (Å²) in [4.78, 5) is 24.1. The average molecular weight is 291 g/mol. The minimum Gasteiger partial charge on any atom is -0.451 e. The number of fused-ring (bicyclic) bond motifs is 1. The zero-order chi connectivity index (χ0) is 15.5. The Morgan fingerprint density at radius 2 is 1.95 bits per heavy atom. The van der Waals surface area contributed by atoms with Crippen molar-refractivity contribution in [3.63, 3.8) is 0 Å². The Bertz CT molecular complexity index is 694. The van der Waals surface area contributed by atoms with E-state index >= 15 is 0 Å². The smallest absolute Gasteiger partial charge is 0.287 e. The van der Waals surface area contributed by atoms with Gasteiger partial charge in [0.2, 0.25) is 0 Å². The van der Waals surface area contributed by atoms with Crippen LogP contribution in [0, 0.1) is 0 Å². The van der Waals surface area contributed by atoms with Crippen molar-refractivity contribution in [2.24, 2.45) is 0 Å². The summed E-state index contributed by atoms with van der Waals surface area (Å²) in [5.41, 5.74) is -1.15. The fourth-order valence-corrected chi connectivity index (χ4v) is 1.96. The van der Waals surface area contributed by atoms with Crippen LogP contribution in [0.3, 0.4) is 0 Å². The van der Waals surface area contributed by atoms with E-state index in [1.54, 1.807) is 31.2 Å². The van der Waals surface area contributed by atoms with Crippen LogP contribution in [-0.4, -0.2) is 34.9 Å². The lowest BCUT2D eigenvalue weighted by Crippen LogP contribution is -2.53. The molecule has 0 atom stereocenters. The van der Waals surface area contributed by atoms with E-state index in [0.717, 1.165) is 6.07 Å². The first-order valence-electron chi connectivity index (χ1n) is 6.62. The molecule has 6 heteroatoms. The predicted molar refractivity (Wildman–Crippen MR) is 77.1 cm³/mol. The Balaban J connectivity index is 2.38. The maximum atomic E-state index is 12.2. The highest BCUT2D eigenvalue weighted by Gasteiger charge is 2.30. The summed E-state index contributed by atoms with van der Waals surface area (Å²) in [6.07, 6.45) is 0.337. The molecule has 0 spiro atoms. The van der Waals surface area contributed by atoms with Gasteiger partial charge >= 0.3 is 0 Å². The van der Waals surface area contributed by atoms with Gasteiger partial charge in [-0.15, -0.1) is 0 Å². The third-order valence-electron chi connectivity index (χ3n) is 3.52. The highest BCUT2D eigenvalue weighted by Crippen LogP contribution is 2.14. The molecule has 1 aromatic heterocycles. The van der Waals surface area contributed by atoms with Gasteiger partial charge in [-0.3, -0.25) is 9.59 Å². The van der Waals surface area contributed by atoms with Crippen molar-refractivity contribution in [1.29, 1.82) is 0 Å². The standard InChI is InChI=1S/C15H17NO5/c1-2-15(8-17,9-18)16-14(20)13-7-11(19)10-5-3-4-6-12(10)21-13/h3-7,17-18H,2,8-9H2,1H3,(H,16,20). The van der Waals surface area contributed by atoms with Crippen LogP contribution in [-0.2, 0) is 0 Å². The molecule has 0 aliphatic heterocycles. The van der Waals surface area contributed by atoms with Crippen molar-refractivity contribution in [2.45, 2.75) is 18.9 Å². The van der Waals surface area contributed by atoms with Gasteiger partial charge in [0, 0.05) is 6.07 Å². The number of carbonyl (C=O) groups is 1. The fourth-order valence-electron chi connectivity index (χ4n) is 1.96. The number of benzene rings is 1. The average Bonchev–Trinajstić information content (AvgIpc) is 2.52. The number of para-hydroxylation sites is 1. The van der Waals surface area contributed by atoms with Crippen molar-refractivity contribution >= 4 is 16.9 Å². The molecule has 1 amide bonds. The van der Waals surface area contributed by atoms with Gasteiger partial charge in [-0.05, 0) is 18.6 Å². The van der Waals surface area contributed by atoms with Gasteiger partial charge in [-0.2, -0.15) is 0 Å². The van der Waals surface area contributed by atoms with Gasteiger partial charge in [0.15, 0.2) is 11.2 Å². The Hall–Kier alpha value is -2.18. The van der Waals surface area contributed by atoms with Crippen molar-refractivity contribution < 1.29 is 19.4 Å². The van der Waals surface area contributed by atoms with E-state index in [0.29, 0.717) is 17.4 Å². The Labute approximate surface area is 121 Å². The zero-order valence-corrected chi connectivity index (χ0v) is 11.6. The van der Waals surface area contributed by atoms with Gasteiger partial charge in [-0.1, -0.05) is 19.1 Å². The van der Waals surface area contributed by atoms with Gasteiger partial charge in [0.25, 0.3) is 5.91 Å². The number of hydrogen-bond donors (Lipinski definition) is 3. The second kappa shape index (κ2) is 6.07. The quantitative estimate of drug-likeness (QED) is 0.751. The third kappa shape index (κ3) is 2.96. The Morgan fingerprint density at radius 3 is 2.57 bits per heavy atom. The third-order valence-corrected chi connectivity index (χ3v) is 3.52. The number of hydrogen-bond acceptors (Lipinski definition) is 5. The molecule has 1 heterocycles. The van der Waals surface area contributed by atoms with E-state index in [4.69, 9.17) is 4.42 Å². The summed E-state index contributed by atoms with van der Waals surface area (Å²) >= 11 is 0. The van der Waals surface area contributed by atoms with Gasteiger partial charge < -0.3 is 19.9 Å². The summed E-state index contributed by atoms with van der Waals surface area (Å²) in [5, 5.41) is 21.6. The normalized spacial score (nSPS) is 11.6. The molecule has 0 aliphatic carbocycles. The van der Waals surface area contributed by atoms with Crippen molar-refractivity contribution in [2.75, 3.05) is 13.2 Å². The summed E-state index contributed by atoms with van der Waals surface area (Å²) in [6.45, 7) is 0.899. The van der Waals surface area contributed by atoms with E-state index in [9.17, 15) is 19.8 Å². The summed E-state index contributed by atoms with van der Waals surface area (Å²) < 4.78 is 5.41. The molecule has 0 unspecified atom stereocenters. The molecule has 2 rings (SSSR count). The van der Waals surface area contributed by atoms with Crippen molar-refractivity contribution in [1.82, 2.24) is 5.32 Å². The molecular formula is C15H17NO5. The highest BCUT2D eigenvalue weighted by atomic mass is 16.3. The molecule has 2 aromatic rings. The highest BCUT2D eigenvalue weighted by molar-refractivity contribution is 5.93. The molecule has 21 heavy (non-hydrogen) atoms. The van der Waals surface area contributed by atoms with Crippen LogP contribution in [0.15, 0.2) is 39.5 Å². The number of rotatable bonds is 5. The van der Waals surface area contributed by atoms with E-state index in [-0.39, 0.29) is 11.2 Å². The fraction of sp³-hybridized carbons (Fsp3) is 0.333. The molecule has 6 nitrogen and oxygen atoms in total. The van der Waals surface area contributed by atoms with E-state index in [2.05, 4.69) is 5.32 Å². The molecule has 0 fully saturated rings. The Kier molecular flexibility index (Phi) is 4.40. The van der Waals surface area contributed by atoms with Crippen LogP contribution in [0.4, 0.5) is 0 Å². The largest absolute Gasteiger partial charge is 0.451 e. The molecule has 0 radical (unpaired) electrons. The first kappa shape index (κ1) is 15.2. The maximum absolute atomic E-state index is 12.2.